The van der Waals surface area contributed by atoms with Gasteiger partial charge in [0.1, 0.15) is 5.82 Å². The van der Waals surface area contributed by atoms with E-state index in [0.717, 1.165) is 44.0 Å². The third-order valence-corrected chi connectivity index (χ3v) is 3.08. The van der Waals surface area contributed by atoms with Gasteiger partial charge in [0.25, 0.3) is 0 Å². The second-order valence-corrected chi connectivity index (χ2v) is 4.72. The highest BCUT2D eigenvalue weighted by molar-refractivity contribution is 5.51. The first-order valence-electron chi connectivity index (χ1n) is 6.30. The van der Waals surface area contributed by atoms with Gasteiger partial charge < -0.3 is 15.4 Å². The van der Waals surface area contributed by atoms with Crippen molar-refractivity contribution in [2.24, 2.45) is 0 Å². The van der Waals surface area contributed by atoms with Crippen LogP contribution in [0.5, 0.6) is 0 Å². The van der Waals surface area contributed by atoms with E-state index in [4.69, 9.17) is 4.74 Å². The van der Waals surface area contributed by atoms with Gasteiger partial charge in [-0.2, -0.15) is 0 Å². The molecule has 1 saturated heterocycles. The van der Waals surface area contributed by atoms with Crippen molar-refractivity contribution >= 4 is 11.5 Å². The molecule has 0 saturated carbocycles. The highest BCUT2D eigenvalue weighted by Gasteiger charge is 2.29. The summed E-state index contributed by atoms with van der Waals surface area (Å²) in [6.45, 7) is 6.85. The fraction of sp³-hybridized carbons (Fsp3) is 0.615. The topological polar surface area (TPSA) is 46.2 Å². The highest BCUT2D eigenvalue weighted by atomic mass is 16.5. The van der Waals surface area contributed by atoms with E-state index >= 15 is 0 Å². The molecule has 1 unspecified atom stereocenters. The lowest BCUT2D eigenvalue weighted by Crippen LogP contribution is -2.32. The van der Waals surface area contributed by atoms with Crippen LogP contribution in [0.15, 0.2) is 18.3 Å². The molecule has 17 heavy (non-hydrogen) atoms. The molecular formula is C13H21N3O. The molecule has 1 aromatic rings. The maximum absolute atomic E-state index is 5.75. The maximum atomic E-state index is 5.75. The molecular weight excluding hydrogens is 214 g/mol. The molecule has 0 amide bonds. The molecule has 0 aromatic carbocycles. The van der Waals surface area contributed by atoms with Crippen molar-refractivity contribution in [2.75, 3.05) is 30.3 Å². The summed E-state index contributed by atoms with van der Waals surface area (Å²) in [6.07, 6.45) is 4.11. The van der Waals surface area contributed by atoms with Crippen LogP contribution >= 0.6 is 0 Å². The second kappa shape index (κ2) is 5.36. The molecule has 0 bridgehead atoms. The molecule has 1 aliphatic rings. The molecule has 2 heterocycles. The van der Waals surface area contributed by atoms with Crippen LogP contribution in [0, 0.1) is 0 Å². The van der Waals surface area contributed by atoms with E-state index in [2.05, 4.69) is 29.5 Å². The van der Waals surface area contributed by atoms with Crippen LogP contribution < -0.4 is 10.6 Å². The zero-order valence-electron chi connectivity index (χ0n) is 10.6. The van der Waals surface area contributed by atoms with Crippen LogP contribution in [-0.4, -0.2) is 30.3 Å². The Morgan fingerprint density at radius 3 is 3.06 bits per heavy atom. The normalized spacial score (nSPS) is 23.6. The molecule has 1 fully saturated rings. The monoisotopic (exact) mass is 235 g/mol. The van der Waals surface area contributed by atoms with Gasteiger partial charge in [0.2, 0.25) is 0 Å². The smallest absolute Gasteiger partial charge is 0.127 e. The summed E-state index contributed by atoms with van der Waals surface area (Å²) in [7, 11) is 0. The number of pyridine rings is 1. The lowest BCUT2D eigenvalue weighted by molar-refractivity contribution is 0.0315. The quantitative estimate of drug-likeness (QED) is 0.823. The van der Waals surface area contributed by atoms with Crippen LogP contribution in [0.25, 0.3) is 0 Å². The third kappa shape index (κ3) is 3.33. The minimum Gasteiger partial charge on any atom is -0.382 e. The van der Waals surface area contributed by atoms with Crippen molar-refractivity contribution in [3.05, 3.63) is 18.3 Å². The number of ether oxygens (including phenoxy) is 1. The first-order chi connectivity index (χ1) is 8.22. The second-order valence-electron chi connectivity index (χ2n) is 4.72. The van der Waals surface area contributed by atoms with Gasteiger partial charge in [-0.3, -0.25) is 0 Å². The summed E-state index contributed by atoms with van der Waals surface area (Å²) in [4.78, 5) is 4.24. The van der Waals surface area contributed by atoms with E-state index in [9.17, 15) is 0 Å². The Kier molecular flexibility index (Phi) is 3.84. The van der Waals surface area contributed by atoms with E-state index in [1.165, 1.54) is 0 Å². The largest absolute Gasteiger partial charge is 0.382 e. The summed E-state index contributed by atoms with van der Waals surface area (Å²) in [5.74, 6) is 0.912. The summed E-state index contributed by atoms with van der Waals surface area (Å²) in [5, 5.41) is 6.62. The molecule has 94 valence electrons. The van der Waals surface area contributed by atoms with E-state index < -0.39 is 0 Å². The molecule has 0 spiro atoms. The Hall–Kier alpha value is -1.29. The van der Waals surface area contributed by atoms with Crippen LogP contribution in [0.3, 0.4) is 0 Å². The molecule has 1 atom stereocenters. The number of hydrogen-bond acceptors (Lipinski definition) is 4. The van der Waals surface area contributed by atoms with Gasteiger partial charge in [0.05, 0.1) is 5.60 Å². The molecule has 2 N–H and O–H groups in total. The molecule has 4 nitrogen and oxygen atoms in total. The zero-order chi connectivity index (χ0) is 12.1. The average molecular weight is 235 g/mol. The number of anilines is 2. The first kappa shape index (κ1) is 12.2. The van der Waals surface area contributed by atoms with Crippen molar-refractivity contribution in [2.45, 2.75) is 32.3 Å². The Morgan fingerprint density at radius 2 is 2.35 bits per heavy atom. The SMILES string of the molecule is CCNc1cc(NCC2(C)CCCO2)ccn1. The summed E-state index contributed by atoms with van der Waals surface area (Å²) in [6, 6.07) is 4.01. The number of rotatable bonds is 5. The summed E-state index contributed by atoms with van der Waals surface area (Å²) < 4.78 is 5.75. The molecule has 1 aliphatic heterocycles. The maximum Gasteiger partial charge on any atom is 0.127 e. The fourth-order valence-corrected chi connectivity index (χ4v) is 2.08. The zero-order valence-corrected chi connectivity index (χ0v) is 10.6. The molecule has 1 aromatic heterocycles. The average Bonchev–Trinajstić information content (AvgIpc) is 2.76. The van der Waals surface area contributed by atoms with Crippen molar-refractivity contribution in [3.8, 4) is 0 Å². The lowest BCUT2D eigenvalue weighted by Gasteiger charge is -2.24. The number of hydrogen-bond donors (Lipinski definition) is 2. The minimum atomic E-state index is -0.0123. The Labute approximate surface area is 103 Å². The van der Waals surface area contributed by atoms with Crippen LogP contribution in [0.4, 0.5) is 11.5 Å². The van der Waals surface area contributed by atoms with Gasteiger partial charge in [-0.25, -0.2) is 4.98 Å². The first-order valence-corrected chi connectivity index (χ1v) is 6.30. The van der Waals surface area contributed by atoms with Crippen LogP contribution in [0.2, 0.25) is 0 Å². The molecule has 4 heteroatoms. The van der Waals surface area contributed by atoms with Crippen molar-refractivity contribution in [1.29, 1.82) is 0 Å². The Morgan fingerprint density at radius 1 is 1.47 bits per heavy atom. The van der Waals surface area contributed by atoms with Crippen molar-refractivity contribution in [3.63, 3.8) is 0 Å². The standard InChI is InChI=1S/C13H21N3O/c1-3-14-12-9-11(5-7-15-12)16-10-13(2)6-4-8-17-13/h5,7,9H,3-4,6,8,10H2,1-2H3,(H2,14,15,16). The Balaban J connectivity index is 1.91. The van der Waals surface area contributed by atoms with Gasteiger partial charge >= 0.3 is 0 Å². The van der Waals surface area contributed by atoms with E-state index in [0.29, 0.717) is 0 Å². The Bertz CT molecular complexity index is 361. The molecule has 0 aliphatic carbocycles. The number of nitrogens with one attached hydrogen (secondary N) is 2. The predicted molar refractivity (Wildman–Crippen MR) is 70.5 cm³/mol. The van der Waals surface area contributed by atoms with Gasteiger partial charge in [-0.1, -0.05) is 0 Å². The van der Waals surface area contributed by atoms with Gasteiger partial charge in [0, 0.05) is 37.6 Å². The van der Waals surface area contributed by atoms with Gasteiger partial charge in [-0.05, 0) is 32.8 Å². The molecule has 2 rings (SSSR count). The lowest BCUT2D eigenvalue weighted by atomic mass is 10.0. The summed E-state index contributed by atoms with van der Waals surface area (Å²) in [5.41, 5.74) is 1.08. The van der Waals surface area contributed by atoms with E-state index in [1.807, 2.05) is 18.3 Å². The van der Waals surface area contributed by atoms with Crippen molar-refractivity contribution < 1.29 is 4.74 Å². The van der Waals surface area contributed by atoms with Crippen molar-refractivity contribution in [1.82, 2.24) is 4.98 Å². The number of aromatic nitrogens is 1. The van der Waals surface area contributed by atoms with E-state index in [-0.39, 0.29) is 5.60 Å². The van der Waals surface area contributed by atoms with Gasteiger partial charge in [-0.15, -0.1) is 0 Å². The van der Waals surface area contributed by atoms with Crippen LogP contribution in [-0.2, 0) is 4.74 Å². The minimum absolute atomic E-state index is 0.0123. The molecule has 0 radical (unpaired) electrons. The number of nitrogens with zero attached hydrogens (tertiary/aromatic N) is 1. The predicted octanol–water partition coefficient (Wildman–Crippen LogP) is 2.49. The highest BCUT2D eigenvalue weighted by Crippen LogP contribution is 2.25. The summed E-state index contributed by atoms with van der Waals surface area (Å²) >= 11 is 0. The third-order valence-electron chi connectivity index (χ3n) is 3.08. The van der Waals surface area contributed by atoms with Crippen LogP contribution in [0.1, 0.15) is 26.7 Å². The van der Waals surface area contributed by atoms with E-state index in [1.54, 1.807) is 0 Å². The van der Waals surface area contributed by atoms with Gasteiger partial charge in [0.15, 0.2) is 0 Å². The fourth-order valence-electron chi connectivity index (χ4n) is 2.08.